The first-order valence-corrected chi connectivity index (χ1v) is 9.82. The predicted molar refractivity (Wildman–Crippen MR) is 108 cm³/mol. The molecule has 0 bridgehead atoms. The summed E-state index contributed by atoms with van der Waals surface area (Å²) >= 11 is 3.09. The van der Waals surface area contributed by atoms with Gasteiger partial charge in [-0.2, -0.15) is 11.3 Å². The number of ether oxygens (including phenoxy) is 1. The molecule has 0 atom stereocenters. The molecule has 1 aromatic carbocycles. The first-order chi connectivity index (χ1) is 12.7. The number of rotatable bonds is 4. The van der Waals surface area contributed by atoms with Gasteiger partial charge in [0.25, 0.3) is 5.56 Å². The quantitative estimate of drug-likeness (QED) is 0.505. The van der Waals surface area contributed by atoms with Crippen LogP contribution >= 0.6 is 22.7 Å². The highest BCUT2D eigenvalue weighted by molar-refractivity contribution is 7.13. The van der Waals surface area contributed by atoms with E-state index >= 15 is 0 Å². The SMILES string of the molecule is COc1ccc(-c2cc(-c3nccs3)c(=O)n(C)c2-c2ccsc2)cc1. The maximum atomic E-state index is 13.0. The van der Waals surface area contributed by atoms with E-state index in [1.165, 1.54) is 11.3 Å². The van der Waals surface area contributed by atoms with Crippen LogP contribution in [-0.2, 0) is 7.05 Å². The number of hydrogen-bond donors (Lipinski definition) is 0. The number of thiazole rings is 1. The Hall–Kier alpha value is -2.70. The van der Waals surface area contributed by atoms with Crippen molar-refractivity contribution in [3.8, 4) is 38.7 Å². The first-order valence-electron chi connectivity index (χ1n) is 8.00. The second kappa shape index (κ2) is 6.90. The molecule has 0 aliphatic carbocycles. The zero-order valence-electron chi connectivity index (χ0n) is 14.3. The van der Waals surface area contributed by atoms with Crippen LogP contribution < -0.4 is 10.3 Å². The molecule has 4 aromatic rings. The fourth-order valence-electron chi connectivity index (χ4n) is 2.99. The standard InChI is InChI=1S/C20H16N2O2S2/c1-22-18(14-7-9-25-12-14)16(13-3-5-15(24-2)6-4-13)11-17(20(22)23)19-21-8-10-26-19/h3-12H,1-2H3. The number of thiophene rings is 1. The summed E-state index contributed by atoms with van der Waals surface area (Å²) in [6.07, 6.45) is 1.72. The fourth-order valence-corrected chi connectivity index (χ4v) is 4.27. The molecule has 26 heavy (non-hydrogen) atoms. The topological polar surface area (TPSA) is 44.1 Å². The molecule has 0 fully saturated rings. The summed E-state index contributed by atoms with van der Waals surface area (Å²) in [4.78, 5) is 17.3. The molecule has 4 rings (SSSR count). The van der Waals surface area contributed by atoms with Crippen molar-refractivity contribution in [2.24, 2.45) is 7.05 Å². The lowest BCUT2D eigenvalue weighted by Gasteiger charge is -2.16. The highest BCUT2D eigenvalue weighted by atomic mass is 32.1. The smallest absolute Gasteiger partial charge is 0.261 e. The van der Waals surface area contributed by atoms with E-state index in [9.17, 15) is 4.79 Å². The Labute approximate surface area is 159 Å². The van der Waals surface area contributed by atoms with Crippen LogP contribution in [0.25, 0.3) is 33.0 Å². The molecular weight excluding hydrogens is 364 g/mol. The van der Waals surface area contributed by atoms with E-state index in [1.54, 1.807) is 29.2 Å². The molecular formula is C20H16N2O2S2. The Bertz CT molecular complexity index is 1080. The molecule has 0 aliphatic rings. The van der Waals surface area contributed by atoms with Gasteiger partial charge in [-0.25, -0.2) is 4.98 Å². The molecule has 6 heteroatoms. The van der Waals surface area contributed by atoms with Gasteiger partial charge in [0, 0.05) is 35.1 Å². The maximum Gasteiger partial charge on any atom is 0.261 e. The maximum absolute atomic E-state index is 13.0. The van der Waals surface area contributed by atoms with Crippen molar-refractivity contribution in [2.75, 3.05) is 7.11 Å². The van der Waals surface area contributed by atoms with Crippen molar-refractivity contribution >= 4 is 22.7 Å². The molecule has 0 saturated heterocycles. The van der Waals surface area contributed by atoms with Gasteiger partial charge >= 0.3 is 0 Å². The lowest BCUT2D eigenvalue weighted by molar-refractivity contribution is 0.415. The van der Waals surface area contributed by atoms with Gasteiger partial charge in [-0.15, -0.1) is 11.3 Å². The summed E-state index contributed by atoms with van der Waals surface area (Å²) < 4.78 is 6.99. The van der Waals surface area contributed by atoms with Gasteiger partial charge in [0.1, 0.15) is 10.8 Å². The van der Waals surface area contributed by atoms with Crippen LogP contribution in [0, 0.1) is 0 Å². The monoisotopic (exact) mass is 380 g/mol. The van der Waals surface area contributed by atoms with Crippen molar-refractivity contribution < 1.29 is 4.74 Å². The Morgan fingerprint density at radius 1 is 1.04 bits per heavy atom. The number of aromatic nitrogens is 2. The van der Waals surface area contributed by atoms with Crippen molar-refractivity contribution in [3.63, 3.8) is 0 Å². The molecule has 3 heterocycles. The summed E-state index contributed by atoms with van der Waals surface area (Å²) in [6, 6.07) is 11.9. The number of methoxy groups -OCH3 is 1. The lowest BCUT2D eigenvalue weighted by atomic mass is 9.98. The molecule has 0 saturated carbocycles. The van der Waals surface area contributed by atoms with Crippen LogP contribution in [-0.4, -0.2) is 16.7 Å². The van der Waals surface area contributed by atoms with Crippen molar-refractivity contribution in [1.29, 1.82) is 0 Å². The number of nitrogens with zero attached hydrogens (tertiary/aromatic N) is 2. The summed E-state index contributed by atoms with van der Waals surface area (Å²) in [5.41, 5.74) is 4.54. The highest BCUT2D eigenvalue weighted by Crippen LogP contribution is 2.35. The number of pyridine rings is 1. The molecule has 4 nitrogen and oxygen atoms in total. The Morgan fingerprint density at radius 2 is 1.85 bits per heavy atom. The predicted octanol–water partition coefficient (Wildman–Crippen LogP) is 4.91. The summed E-state index contributed by atoms with van der Waals surface area (Å²) in [7, 11) is 3.47. The van der Waals surface area contributed by atoms with Gasteiger partial charge in [0.2, 0.25) is 0 Å². The van der Waals surface area contributed by atoms with Crippen LogP contribution in [0.4, 0.5) is 0 Å². The van der Waals surface area contributed by atoms with Crippen LogP contribution in [0.15, 0.2) is 63.5 Å². The average Bonchev–Trinajstić information content (AvgIpc) is 3.37. The third kappa shape index (κ3) is 2.87. The van der Waals surface area contributed by atoms with Crippen LogP contribution in [0.5, 0.6) is 5.75 Å². The molecule has 130 valence electrons. The molecule has 0 N–H and O–H groups in total. The van der Waals surface area contributed by atoms with Crippen molar-refractivity contribution in [1.82, 2.24) is 9.55 Å². The minimum Gasteiger partial charge on any atom is -0.497 e. The Balaban J connectivity index is 2.01. The van der Waals surface area contributed by atoms with Gasteiger partial charge in [-0.1, -0.05) is 12.1 Å². The molecule has 0 radical (unpaired) electrons. The molecule has 0 unspecified atom stereocenters. The Morgan fingerprint density at radius 3 is 2.46 bits per heavy atom. The fraction of sp³-hybridized carbons (Fsp3) is 0.100. The van der Waals surface area contributed by atoms with E-state index < -0.39 is 0 Å². The minimum absolute atomic E-state index is 0.0431. The van der Waals surface area contributed by atoms with Crippen molar-refractivity contribution in [2.45, 2.75) is 0 Å². The van der Waals surface area contributed by atoms with E-state index in [-0.39, 0.29) is 5.56 Å². The normalized spacial score (nSPS) is 10.8. The lowest BCUT2D eigenvalue weighted by Crippen LogP contribution is -2.21. The highest BCUT2D eigenvalue weighted by Gasteiger charge is 2.18. The molecule has 0 spiro atoms. The van der Waals surface area contributed by atoms with E-state index in [0.717, 1.165) is 33.1 Å². The largest absolute Gasteiger partial charge is 0.497 e. The third-order valence-electron chi connectivity index (χ3n) is 4.27. The summed E-state index contributed by atoms with van der Waals surface area (Å²) in [6.45, 7) is 0. The van der Waals surface area contributed by atoms with Crippen LogP contribution in [0.1, 0.15) is 0 Å². The van der Waals surface area contributed by atoms with Crippen LogP contribution in [0.3, 0.4) is 0 Å². The van der Waals surface area contributed by atoms with E-state index in [2.05, 4.69) is 10.4 Å². The third-order valence-corrected chi connectivity index (χ3v) is 5.76. The van der Waals surface area contributed by atoms with Gasteiger partial charge in [-0.05, 0) is 35.2 Å². The zero-order chi connectivity index (χ0) is 18.1. The van der Waals surface area contributed by atoms with E-state index in [1.807, 2.05) is 54.2 Å². The van der Waals surface area contributed by atoms with Gasteiger partial charge in [0.15, 0.2) is 0 Å². The second-order valence-corrected chi connectivity index (χ2v) is 7.44. The average molecular weight is 380 g/mol. The Kier molecular flexibility index (Phi) is 4.44. The first kappa shape index (κ1) is 16.8. The van der Waals surface area contributed by atoms with Gasteiger partial charge in [0.05, 0.1) is 18.4 Å². The second-order valence-electron chi connectivity index (χ2n) is 5.76. The summed E-state index contributed by atoms with van der Waals surface area (Å²) in [5, 5.41) is 6.70. The van der Waals surface area contributed by atoms with Gasteiger partial charge < -0.3 is 9.30 Å². The van der Waals surface area contributed by atoms with E-state index in [0.29, 0.717) is 5.56 Å². The van der Waals surface area contributed by atoms with Crippen molar-refractivity contribution in [3.05, 3.63) is 69.1 Å². The van der Waals surface area contributed by atoms with E-state index in [4.69, 9.17) is 4.74 Å². The minimum atomic E-state index is -0.0431. The van der Waals surface area contributed by atoms with Crippen LogP contribution in [0.2, 0.25) is 0 Å². The molecule has 0 amide bonds. The number of benzene rings is 1. The van der Waals surface area contributed by atoms with Gasteiger partial charge in [-0.3, -0.25) is 4.79 Å². The molecule has 0 aliphatic heterocycles. The number of hydrogen-bond acceptors (Lipinski definition) is 5. The summed E-state index contributed by atoms with van der Waals surface area (Å²) in [5.74, 6) is 0.802. The molecule has 3 aromatic heterocycles. The zero-order valence-corrected chi connectivity index (χ0v) is 15.9.